The molecular formula is C14H15Cl2OTi. The van der Waals surface area contributed by atoms with Gasteiger partial charge < -0.3 is 24.8 Å². The third-order valence-electron chi connectivity index (χ3n) is 3.18. The van der Waals surface area contributed by atoms with Crippen LogP contribution in [0.5, 0.6) is 0 Å². The molecule has 0 radical (unpaired) electrons. The molecule has 0 spiro atoms. The average molecular weight is 318 g/mol. The molecule has 95 valence electrons. The molecule has 0 amide bonds. The first-order valence-electron chi connectivity index (χ1n) is 5.41. The Morgan fingerprint density at radius 2 is 1.78 bits per heavy atom. The maximum atomic E-state index is 5.77. The van der Waals surface area contributed by atoms with Crippen molar-refractivity contribution in [2.45, 2.75) is 18.9 Å². The number of methoxy groups -OCH3 is 1. The van der Waals surface area contributed by atoms with Gasteiger partial charge in [-0.05, 0) is 0 Å². The third-order valence-corrected chi connectivity index (χ3v) is 3.92. The van der Waals surface area contributed by atoms with Crippen molar-refractivity contribution in [3.8, 4) is 0 Å². The van der Waals surface area contributed by atoms with E-state index in [-0.39, 0.29) is 30.4 Å². The summed E-state index contributed by atoms with van der Waals surface area (Å²) in [6.45, 7) is 2.14. The second kappa shape index (κ2) is 7.52. The summed E-state index contributed by atoms with van der Waals surface area (Å²) in [5.41, 5.74) is 2.18. The molecule has 0 aliphatic heterocycles. The fourth-order valence-corrected chi connectivity index (χ4v) is 2.78. The zero-order chi connectivity index (χ0) is 11.6. The fourth-order valence-electron chi connectivity index (χ4n) is 2.09. The van der Waals surface area contributed by atoms with E-state index in [9.17, 15) is 0 Å². The van der Waals surface area contributed by atoms with Crippen molar-refractivity contribution in [2.24, 2.45) is 0 Å². The maximum absolute atomic E-state index is 5.77. The Balaban J connectivity index is 0.00000144. The van der Waals surface area contributed by atoms with Crippen LogP contribution in [0.1, 0.15) is 18.9 Å². The molecule has 1 unspecified atom stereocenters. The van der Waals surface area contributed by atoms with Gasteiger partial charge in [-0.25, -0.2) is 0 Å². The van der Waals surface area contributed by atoms with Gasteiger partial charge in [0.15, 0.2) is 0 Å². The molecule has 0 saturated heterocycles. The minimum Gasteiger partial charge on any atom is -1.00 e. The molecule has 0 heterocycles. The van der Waals surface area contributed by atoms with Gasteiger partial charge in [0.2, 0.25) is 0 Å². The monoisotopic (exact) mass is 317 g/mol. The van der Waals surface area contributed by atoms with E-state index in [2.05, 4.69) is 63.8 Å². The average Bonchev–Trinajstić information content (AvgIpc) is 2.76. The van der Waals surface area contributed by atoms with Crippen molar-refractivity contribution < 1.29 is 50.0 Å². The van der Waals surface area contributed by atoms with Gasteiger partial charge in [0.1, 0.15) is 0 Å². The van der Waals surface area contributed by atoms with E-state index in [1.165, 1.54) is 15.0 Å². The molecule has 0 saturated carbocycles. The number of allylic oxidation sites excluding steroid dienone is 2. The van der Waals surface area contributed by atoms with Gasteiger partial charge in [-0.2, -0.15) is 0 Å². The van der Waals surface area contributed by atoms with Gasteiger partial charge in [-0.1, -0.05) is 0 Å². The van der Waals surface area contributed by atoms with Crippen molar-refractivity contribution in [1.82, 2.24) is 0 Å². The molecule has 1 aromatic rings. The van der Waals surface area contributed by atoms with Gasteiger partial charge in [0.25, 0.3) is 0 Å². The predicted octanol–water partition coefficient (Wildman–Crippen LogP) is -2.68. The van der Waals surface area contributed by atoms with E-state index in [1.54, 1.807) is 7.11 Å². The largest absolute Gasteiger partial charge is 1.00 e. The summed E-state index contributed by atoms with van der Waals surface area (Å²) < 4.78 is 7.17. The van der Waals surface area contributed by atoms with Crippen LogP contribution in [0.15, 0.2) is 51.9 Å². The molecule has 1 atom stereocenters. The Bertz CT molecular complexity index is 442. The van der Waals surface area contributed by atoms with Crippen LogP contribution < -0.4 is 24.8 Å². The van der Waals surface area contributed by atoms with E-state index in [1.807, 2.05) is 6.07 Å². The smallest absolute Gasteiger partial charge is 1.00 e. The first-order chi connectivity index (χ1) is 7.68. The van der Waals surface area contributed by atoms with Crippen LogP contribution in [-0.2, 0) is 30.8 Å². The second-order valence-electron chi connectivity index (χ2n) is 4.10. The van der Waals surface area contributed by atoms with Crippen molar-refractivity contribution in [3.63, 3.8) is 0 Å². The molecular weight excluding hydrogens is 303 g/mol. The standard InChI is InChI=1S/C14H15O.2ClH.Ti/c1-14(15-2,13-10-6-7-11-13)12-8-4-3-5-9-12;;;/h3-6,8-10H,7H2,1-2H3;2*1H;/q;;;+2/p-2. The molecule has 0 bridgehead atoms. The van der Waals surface area contributed by atoms with E-state index in [0.717, 1.165) is 6.42 Å². The SMILES string of the molecule is COC(C)(C1=[C]([Ti+2])CC=C1)c1ccccc1.[Cl-].[Cl-]. The number of halogens is 2. The molecule has 4 heteroatoms. The van der Waals surface area contributed by atoms with Crippen LogP contribution in [0.2, 0.25) is 0 Å². The van der Waals surface area contributed by atoms with E-state index in [4.69, 9.17) is 4.74 Å². The van der Waals surface area contributed by atoms with Crippen molar-refractivity contribution in [1.29, 1.82) is 0 Å². The van der Waals surface area contributed by atoms with Gasteiger partial charge in [-0.15, -0.1) is 0 Å². The minimum atomic E-state index is -0.321. The predicted molar refractivity (Wildman–Crippen MR) is 61.6 cm³/mol. The minimum absolute atomic E-state index is 0. The van der Waals surface area contributed by atoms with Gasteiger partial charge in [-0.3, -0.25) is 0 Å². The van der Waals surface area contributed by atoms with Crippen LogP contribution >= 0.6 is 0 Å². The first-order valence-corrected chi connectivity index (χ1v) is 6.19. The Morgan fingerprint density at radius 3 is 2.22 bits per heavy atom. The molecule has 18 heavy (non-hydrogen) atoms. The molecule has 0 N–H and O–H groups in total. The van der Waals surface area contributed by atoms with Crippen LogP contribution in [-0.4, -0.2) is 7.11 Å². The summed E-state index contributed by atoms with van der Waals surface area (Å²) >= 11 is 2.18. The van der Waals surface area contributed by atoms with Gasteiger partial charge in [0, 0.05) is 0 Å². The van der Waals surface area contributed by atoms with E-state index < -0.39 is 0 Å². The zero-order valence-corrected chi connectivity index (χ0v) is 13.5. The van der Waals surface area contributed by atoms with Crippen LogP contribution in [0, 0.1) is 0 Å². The molecule has 0 aromatic heterocycles. The zero-order valence-electron chi connectivity index (χ0n) is 10.4. The first kappa shape index (κ1) is 18.0. The Hall–Kier alpha value is -0.0457. The van der Waals surface area contributed by atoms with Gasteiger partial charge in [0.05, 0.1) is 0 Å². The quantitative estimate of drug-likeness (QED) is 0.552. The summed E-state index contributed by atoms with van der Waals surface area (Å²) in [5.74, 6) is 0. The fraction of sp³-hybridized carbons (Fsp3) is 0.286. The maximum Gasteiger partial charge on any atom is -1.00 e. The number of hydrogen-bond donors (Lipinski definition) is 0. The second-order valence-corrected chi connectivity index (χ2v) is 5.04. The molecule has 1 aliphatic rings. The Kier molecular flexibility index (Phi) is 7.50. The molecule has 2 rings (SSSR count). The summed E-state index contributed by atoms with van der Waals surface area (Å²) in [6.07, 6.45) is 5.43. The molecule has 1 nitrogen and oxygen atoms in total. The Labute approximate surface area is 133 Å². The van der Waals surface area contributed by atoms with Crippen molar-refractivity contribution in [3.05, 3.63) is 57.5 Å². The molecule has 0 fully saturated rings. The number of ether oxygens (including phenoxy) is 1. The van der Waals surface area contributed by atoms with Crippen LogP contribution in [0.3, 0.4) is 0 Å². The third kappa shape index (κ3) is 3.29. The number of hydrogen-bond acceptors (Lipinski definition) is 1. The van der Waals surface area contributed by atoms with Crippen molar-refractivity contribution in [2.75, 3.05) is 7.11 Å². The van der Waals surface area contributed by atoms with Gasteiger partial charge >= 0.3 is 109 Å². The summed E-state index contributed by atoms with van der Waals surface area (Å²) in [7, 11) is 1.78. The topological polar surface area (TPSA) is 9.23 Å². The van der Waals surface area contributed by atoms with E-state index >= 15 is 0 Å². The summed E-state index contributed by atoms with van der Waals surface area (Å²) in [5, 5.41) is 0. The normalized spacial score (nSPS) is 16.9. The number of rotatable bonds is 3. The van der Waals surface area contributed by atoms with Crippen LogP contribution in [0.25, 0.3) is 0 Å². The summed E-state index contributed by atoms with van der Waals surface area (Å²) in [4.78, 5) is 0. The van der Waals surface area contributed by atoms with Crippen molar-refractivity contribution >= 4 is 0 Å². The number of benzene rings is 1. The van der Waals surface area contributed by atoms with Crippen LogP contribution in [0.4, 0.5) is 0 Å². The molecule has 1 aliphatic carbocycles. The summed E-state index contributed by atoms with van der Waals surface area (Å²) in [6, 6.07) is 10.4. The Morgan fingerprint density at radius 1 is 1.17 bits per heavy atom. The molecule has 1 aromatic carbocycles. The van der Waals surface area contributed by atoms with E-state index in [0.29, 0.717) is 0 Å².